The van der Waals surface area contributed by atoms with E-state index in [-0.39, 0.29) is 25.9 Å². The summed E-state index contributed by atoms with van der Waals surface area (Å²) >= 11 is 0. The maximum absolute atomic E-state index is 10.8. The summed E-state index contributed by atoms with van der Waals surface area (Å²) in [5.41, 5.74) is 0. The van der Waals surface area contributed by atoms with E-state index in [4.69, 9.17) is 15.3 Å². The minimum atomic E-state index is -1.11. The smallest absolute Gasteiger partial charge is 0.308 e. The second kappa shape index (κ2) is 7.28. The van der Waals surface area contributed by atoms with Crippen LogP contribution in [0.15, 0.2) is 0 Å². The normalized spacial score (nSPS) is 12.1. The maximum Gasteiger partial charge on any atom is 0.308 e. The zero-order chi connectivity index (χ0) is 11.0. The summed E-state index contributed by atoms with van der Waals surface area (Å²) in [6, 6.07) is 0. The van der Waals surface area contributed by atoms with Gasteiger partial charge >= 0.3 is 11.9 Å². The van der Waals surface area contributed by atoms with Crippen LogP contribution < -0.4 is 0 Å². The lowest BCUT2D eigenvalue weighted by Crippen LogP contribution is -2.19. The fourth-order valence-electron chi connectivity index (χ4n) is 0.725. The average Bonchev–Trinajstić information content (AvgIpc) is 2.12. The molecule has 0 spiro atoms. The van der Waals surface area contributed by atoms with E-state index in [1.54, 1.807) is 0 Å². The third-order valence-corrected chi connectivity index (χ3v) is 1.41. The molecule has 3 N–H and O–H groups in total. The maximum atomic E-state index is 10.8. The zero-order valence-corrected chi connectivity index (χ0v) is 7.68. The third kappa shape index (κ3) is 7.51. The van der Waals surface area contributed by atoms with Gasteiger partial charge in [0.2, 0.25) is 0 Å². The average molecular weight is 206 g/mol. The summed E-state index contributed by atoms with van der Waals surface area (Å²) in [6.07, 6.45) is -1.20. The molecule has 0 aliphatic carbocycles. The number of carboxylic acid groups (broad SMARTS) is 1. The standard InChI is InChI=1S/C8H14O6/c9-5-6(10)4-8(13)14-3-1-2-7(11)12/h6,9-10H,1-5H2,(H,11,12). The molecule has 0 heterocycles. The lowest BCUT2D eigenvalue weighted by Gasteiger charge is -2.06. The molecular formula is C8H14O6. The van der Waals surface area contributed by atoms with E-state index in [9.17, 15) is 9.59 Å². The van der Waals surface area contributed by atoms with E-state index in [0.717, 1.165) is 0 Å². The van der Waals surface area contributed by atoms with Crippen molar-refractivity contribution in [3.05, 3.63) is 0 Å². The Morgan fingerprint density at radius 3 is 2.50 bits per heavy atom. The number of hydrogen-bond acceptors (Lipinski definition) is 5. The van der Waals surface area contributed by atoms with Gasteiger partial charge in [-0.1, -0.05) is 0 Å². The molecule has 0 bridgehead atoms. The van der Waals surface area contributed by atoms with Gasteiger partial charge in [-0.3, -0.25) is 9.59 Å². The zero-order valence-electron chi connectivity index (χ0n) is 7.68. The molecule has 0 radical (unpaired) electrons. The highest BCUT2D eigenvalue weighted by molar-refractivity contribution is 5.70. The van der Waals surface area contributed by atoms with E-state index in [0.29, 0.717) is 0 Å². The van der Waals surface area contributed by atoms with E-state index in [1.165, 1.54) is 0 Å². The molecule has 14 heavy (non-hydrogen) atoms. The molecule has 6 nitrogen and oxygen atoms in total. The van der Waals surface area contributed by atoms with Crippen LogP contribution in [0.1, 0.15) is 19.3 Å². The van der Waals surface area contributed by atoms with Crippen LogP contribution in [0, 0.1) is 0 Å². The van der Waals surface area contributed by atoms with E-state index < -0.39 is 24.6 Å². The van der Waals surface area contributed by atoms with E-state index in [2.05, 4.69) is 4.74 Å². The molecule has 0 aromatic heterocycles. The number of ether oxygens (including phenoxy) is 1. The molecular weight excluding hydrogens is 192 g/mol. The highest BCUT2D eigenvalue weighted by atomic mass is 16.5. The Labute approximate surface area is 81.1 Å². The third-order valence-electron chi connectivity index (χ3n) is 1.41. The molecule has 0 aliphatic heterocycles. The van der Waals surface area contributed by atoms with Gasteiger partial charge in [0.05, 0.1) is 25.7 Å². The number of hydrogen-bond donors (Lipinski definition) is 3. The van der Waals surface area contributed by atoms with E-state index in [1.807, 2.05) is 0 Å². The second-order valence-corrected chi connectivity index (χ2v) is 2.76. The van der Waals surface area contributed by atoms with Crippen molar-refractivity contribution < 1.29 is 29.6 Å². The number of carbonyl (C=O) groups excluding carboxylic acids is 1. The van der Waals surface area contributed by atoms with Crippen LogP contribution >= 0.6 is 0 Å². The fraction of sp³-hybridized carbons (Fsp3) is 0.750. The van der Waals surface area contributed by atoms with Gasteiger partial charge in [0.15, 0.2) is 0 Å². The summed E-state index contributed by atoms with van der Waals surface area (Å²) in [5, 5.41) is 25.5. The molecule has 0 fully saturated rings. The van der Waals surface area contributed by atoms with Gasteiger partial charge in [-0.25, -0.2) is 0 Å². The Hall–Kier alpha value is -1.14. The number of aliphatic hydroxyl groups is 2. The molecule has 0 amide bonds. The minimum absolute atomic E-state index is 0.0171. The summed E-state index contributed by atoms with van der Waals surface area (Å²) < 4.78 is 4.59. The van der Waals surface area contributed by atoms with Crippen molar-refractivity contribution in [1.82, 2.24) is 0 Å². The van der Waals surface area contributed by atoms with Crippen LogP contribution in [0.3, 0.4) is 0 Å². The number of rotatable bonds is 7. The van der Waals surface area contributed by atoms with Gasteiger partial charge in [0.25, 0.3) is 0 Å². The largest absolute Gasteiger partial charge is 0.481 e. The molecule has 6 heteroatoms. The first-order chi connectivity index (χ1) is 6.56. The lowest BCUT2D eigenvalue weighted by atomic mass is 10.3. The van der Waals surface area contributed by atoms with Gasteiger partial charge in [-0.05, 0) is 6.42 Å². The van der Waals surface area contributed by atoms with Crippen LogP contribution in [-0.4, -0.2) is 46.6 Å². The predicted molar refractivity (Wildman–Crippen MR) is 45.5 cm³/mol. The van der Waals surface area contributed by atoms with Crippen LogP contribution in [0.2, 0.25) is 0 Å². The predicted octanol–water partition coefficient (Wildman–Crippen LogP) is -0.862. The van der Waals surface area contributed by atoms with Crippen molar-refractivity contribution in [3.8, 4) is 0 Å². The van der Waals surface area contributed by atoms with Gasteiger partial charge in [0.1, 0.15) is 0 Å². The number of aliphatic hydroxyl groups excluding tert-OH is 2. The second-order valence-electron chi connectivity index (χ2n) is 2.76. The number of carboxylic acids is 1. The van der Waals surface area contributed by atoms with Gasteiger partial charge in [-0.15, -0.1) is 0 Å². The Balaban J connectivity index is 3.40. The number of carbonyl (C=O) groups is 2. The molecule has 1 unspecified atom stereocenters. The number of esters is 1. The highest BCUT2D eigenvalue weighted by Crippen LogP contribution is 1.96. The summed E-state index contributed by atoms with van der Waals surface area (Å²) in [6.45, 7) is -0.479. The molecule has 0 saturated carbocycles. The quantitative estimate of drug-likeness (QED) is 0.370. The van der Waals surface area contributed by atoms with E-state index >= 15 is 0 Å². The minimum Gasteiger partial charge on any atom is -0.481 e. The van der Waals surface area contributed by atoms with Crippen LogP contribution in [-0.2, 0) is 14.3 Å². The van der Waals surface area contributed by atoms with Gasteiger partial charge < -0.3 is 20.1 Å². The van der Waals surface area contributed by atoms with Crippen molar-refractivity contribution >= 4 is 11.9 Å². The highest BCUT2D eigenvalue weighted by Gasteiger charge is 2.10. The molecule has 0 aromatic rings. The first-order valence-corrected chi connectivity index (χ1v) is 4.22. The summed E-state index contributed by atoms with van der Waals surface area (Å²) in [4.78, 5) is 20.9. The first kappa shape index (κ1) is 12.9. The SMILES string of the molecule is O=C(O)CCCOC(=O)CC(O)CO. The Morgan fingerprint density at radius 2 is 2.00 bits per heavy atom. The first-order valence-electron chi connectivity index (χ1n) is 4.22. The Bertz CT molecular complexity index is 190. The van der Waals surface area contributed by atoms with Gasteiger partial charge in [-0.2, -0.15) is 0 Å². The lowest BCUT2D eigenvalue weighted by molar-refractivity contribution is -0.147. The van der Waals surface area contributed by atoms with Crippen LogP contribution in [0.5, 0.6) is 0 Å². The molecule has 0 rings (SSSR count). The topological polar surface area (TPSA) is 104 Å². The molecule has 0 saturated heterocycles. The van der Waals surface area contributed by atoms with Crippen molar-refractivity contribution in [2.75, 3.05) is 13.2 Å². The van der Waals surface area contributed by atoms with Crippen molar-refractivity contribution in [1.29, 1.82) is 0 Å². The Morgan fingerprint density at radius 1 is 1.36 bits per heavy atom. The fourth-order valence-corrected chi connectivity index (χ4v) is 0.725. The monoisotopic (exact) mass is 206 g/mol. The Kier molecular flexibility index (Phi) is 6.69. The summed E-state index contributed by atoms with van der Waals surface area (Å²) in [7, 11) is 0. The molecule has 82 valence electrons. The van der Waals surface area contributed by atoms with Crippen LogP contribution in [0.25, 0.3) is 0 Å². The number of aliphatic carboxylic acids is 1. The molecule has 1 atom stereocenters. The van der Waals surface area contributed by atoms with Crippen molar-refractivity contribution in [2.45, 2.75) is 25.4 Å². The molecule has 0 aliphatic rings. The van der Waals surface area contributed by atoms with Crippen LogP contribution in [0.4, 0.5) is 0 Å². The van der Waals surface area contributed by atoms with Crippen molar-refractivity contribution in [3.63, 3.8) is 0 Å². The van der Waals surface area contributed by atoms with Crippen molar-refractivity contribution in [2.24, 2.45) is 0 Å². The summed E-state index contributed by atoms with van der Waals surface area (Å²) in [5.74, 6) is -1.59. The van der Waals surface area contributed by atoms with Gasteiger partial charge in [0, 0.05) is 6.42 Å². The molecule has 0 aromatic carbocycles.